The number of pyridine rings is 1. The molecule has 2 aromatic rings. The number of benzene rings is 1. The van der Waals surface area contributed by atoms with E-state index in [1.54, 1.807) is 12.1 Å². The first-order valence-electron chi connectivity index (χ1n) is 5.64. The number of hydrogen-bond acceptors (Lipinski definition) is 2. The molecule has 0 radical (unpaired) electrons. The minimum atomic E-state index is -0.290. The summed E-state index contributed by atoms with van der Waals surface area (Å²) < 4.78 is 13.4. The Balaban J connectivity index is 2.11. The van der Waals surface area contributed by atoms with E-state index in [1.807, 2.05) is 4.90 Å². The van der Waals surface area contributed by atoms with Gasteiger partial charge in [-0.25, -0.2) is 9.37 Å². The van der Waals surface area contributed by atoms with Gasteiger partial charge in [0, 0.05) is 12.2 Å². The van der Waals surface area contributed by atoms with Crippen LogP contribution >= 0.6 is 34.8 Å². The molecule has 0 unspecified atom stereocenters. The van der Waals surface area contributed by atoms with Crippen molar-refractivity contribution in [2.75, 3.05) is 11.4 Å². The average Bonchev–Trinajstić information content (AvgIpc) is 2.76. The van der Waals surface area contributed by atoms with Crippen molar-refractivity contribution in [3.05, 3.63) is 50.8 Å². The highest BCUT2D eigenvalue weighted by molar-refractivity contribution is 6.43. The van der Waals surface area contributed by atoms with Gasteiger partial charge in [0.25, 0.3) is 0 Å². The number of hydrogen-bond donors (Lipinski definition) is 0. The molecular formula is C13H8Cl3FN2. The Morgan fingerprint density at radius 3 is 2.68 bits per heavy atom. The average molecular weight is 318 g/mol. The first-order valence-corrected chi connectivity index (χ1v) is 6.77. The standard InChI is InChI=1S/C13H8Cl3FN2/c14-9-6-10(15)13(18-12(9)16)19-4-3-7-1-2-8(17)5-11(7)19/h1-2,5-6H,3-4H2. The molecule has 1 aromatic carbocycles. The van der Waals surface area contributed by atoms with Crippen molar-refractivity contribution < 1.29 is 4.39 Å². The van der Waals surface area contributed by atoms with Gasteiger partial charge < -0.3 is 4.90 Å². The van der Waals surface area contributed by atoms with Crippen LogP contribution in [0.15, 0.2) is 24.3 Å². The Morgan fingerprint density at radius 1 is 1.11 bits per heavy atom. The van der Waals surface area contributed by atoms with E-state index in [2.05, 4.69) is 4.98 Å². The SMILES string of the molecule is Fc1ccc2c(c1)N(c1nc(Cl)c(Cl)cc1Cl)CC2. The third kappa shape index (κ3) is 2.27. The molecule has 0 fully saturated rings. The Bertz CT molecular complexity index is 661. The predicted octanol–water partition coefficient (Wildman–Crippen LogP) is 4.88. The second-order valence-corrected chi connectivity index (χ2v) is 5.41. The third-order valence-corrected chi connectivity index (χ3v) is 4.02. The Hall–Kier alpha value is -1.03. The molecule has 1 aromatic heterocycles. The van der Waals surface area contributed by atoms with Crippen molar-refractivity contribution in [3.8, 4) is 0 Å². The van der Waals surface area contributed by atoms with E-state index in [4.69, 9.17) is 34.8 Å². The smallest absolute Gasteiger partial charge is 0.153 e. The van der Waals surface area contributed by atoms with E-state index in [-0.39, 0.29) is 11.0 Å². The molecular weight excluding hydrogens is 310 g/mol. The van der Waals surface area contributed by atoms with Crippen LogP contribution in [0.25, 0.3) is 0 Å². The van der Waals surface area contributed by atoms with Gasteiger partial charge in [0.1, 0.15) is 11.0 Å². The molecule has 0 atom stereocenters. The van der Waals surface area contributed by atoms with Gasteiger partial charge in [-0.1, -0.05) is 40.9 Å². The number of rotatable bonds is 1. The molecule has 0 spiro atoms. The zero-order valence-electron chi connectivity index (χ0n) is 9.63. The van der Waals surface area contributed by atoms with E-state index in [1.165, 1.54) is 12.1 Å². The van der Waals surface area contributed by atoms with Gasteiger partial charge in [-0.15, -0.1) is 0 Å². The molecule has 6 heteroatoms. The van der Waals surface area contributed by atoms with E-state index >= 15 is 0 Å². The first kappa shape index (κ1) is 13.0. The Kier molecular flexibility index (Phi) is 3.29. The maximum atomic E-state index is 13.4. The van der Waals surface area contributed by atoms with Crippen molar-refractivity contribution in [3.63, 3.8) is 0 Å². The molecule has 1 aliphatic rings. The summed E-state index contributed by atoms with van der Waals surface area (Å²) in [6, 6.07) is 6.25. The summed E-state index contributed by atoms with van der Waals surface area (Å²) in [7, 11) is 0. The molecule has 98 valence electrons. The molecule has 2 nitrogen and oxygen atoms in total. The Morgan fingerprint density at radius 2 is 1.89 bits per heavy atom. The van der Waals surface area contributed by atoms with Gasteiger partial charge in [-0.3, -0.25) is 0 Å². The fourth-order valence-electron chi connectivity index (χ4n) is 2.20. The molecule has 2 heterocycles. The van der Waals surface area contributed by atoms with E-state index < -0.39 is 0 Å². The number of halogens is 4. The highest BCUT2D eigenvalue weighted by atomic mass is 35.5. The summed E-state index contributed by atoms with van der Waals surface area (Å²) in [4.78, 5) is 6.04. The van der Waals surface area contributed by atoms with E-state index in [0.717, 1.165) is 17.7 Å². The molecule has 0 amide bonds. The van der Waals surface area contributed by atoms with Crippen molar-refractivity contribution in [2.24, 2.45) is 0 Å². The van der Waals surface area contributed by atoms with Gasteiger partial charge in [0.05, 0.1) is 10.0 Å². The van der Waals surface area contributed by atoms with E-state index in [0.29, 0.717) is 22.4 Å². The van der Waals surface area contributed by atoms with Crippen molar-refractivity contribution in [2.45, 2.75) is 6.42 Å². The quantitative estimate of drug-likeness (QED) is 0.697. The van der Waals surface area contributed by atoms with Crippen LogP contribution in [0, 0.1) is 5.82 Å². The van der Waals surface area contributed by atoms with Crippen LogP contribution in [0.4, 0.5) is 15.9 Å². The van der Waals surface area contributed by atoms with Crippen LogP contribution in [0.3, 0.4) is 0 Å². The maximum Gasteiger partial charge on any atom is 0.153 e. The Labute approximate surface area is 124 Å². The maximum absolute atomic E-state index is 13.4. The lowest BCUT2D eigenvalue weighted by atomic mass is 10.2. The molecule has 0 saturated heterocycles. The lowest BCUT2D eigenvalue weighted by molar-refractivity contribution is 0.628. The van der Waals surface area contributed by atoms with Gasteiger partial charge in [0.15, 0.2) is 5.82 Å². The molecule has 0 saturated carbocycles. The zero-order valence-corrected chi connectivity index (χ0v) is 11.9. The van der Waals surface area contributed by atoms with Crippen LogP contribution in [0.5, 0.6) is 0 Å². The normalized spacial score (nSPS) is 13.8. The highest BCUT2D eigenvalue weighted by Crippen LogP contribution is 2.39. The fraction of sp³-hybridized carbons (Fsp3) is 0.154. The first-order chi connectivity index (χ1) is 9.06. The lowest BCUT2D eigenvalue weighted by Gasteiger charge is -2.20. The monoisotopic (exact) mass is 316 g/mol. The van der Waals surface area contributed by atoms with Gasteiger partial charge in [0.2, 0.25) is 0 Å². The summed E-state index contributed by atoms with van der Waals surface area (Å²) in [5.41, 5.74) is 1.83. The van der Waals surface area contributed by atoms with Crippen molar-refractivity contribution in [1.82, 2.24) is 4.98 Å². The van der Waals surface area contributed by atoms with Crippen LogP contribution in [-0.4, -0.2) is 11.5 Å². The van der Waals surface area contributed by atoms with Crippen LogP contribution in [0.1, 0.15) is 5.56 Å². The fourth-order valence-corrected chi connectivity index (χ4v) is 2.79. The summed E-state index contributed by atoms with van der Waals surface area (Å²) in [5.74, 6) is 0.210. The summed E-state index contributed by atoms with van der Waals surface area (Å²) >= 11 is 17.9. The molecule has 3 rings (SSSR count). The van der Waals surface area contributed by atoms with E-state index in [9.17, 15) is 4.39 Å². The summed E-state index contributed by atoms with van der Waals surface area (Å²) in [6.45, 7) is 0.684. The molecule has 0 N–H and O–H groups in total. The highest BCUT2D eigenvalue weighted by Gasteiger charge is 2.24. The topological polar surface area (TPSA) is 16.1 Å². The molecule has 0 bridgehead atoms. The lowest BCUT2D eigenvalue weighted by Crippen LogP contribution is -2.15. The number of nitrogens with zero attached hydrogens (tertiary/aromatic N) is 2. The minimum absolute atomic E-state index is 0.186. The number of anilines is 2. The van der Waals surface area contributed by atoms with Crippen LogP contribution < -0.4 is 4.90 Å². The predicted molar refractivity (Wildman–Crippen MR) is 76.4 cm³/mol. The largest absolute Gasteiger partial charge is 0.324 e. The minimum Gasteiger partial charge on any atom is -0.324 e. The molecule has 19 heavy (non-hydrogen) atoms. The second kappa shape index (κ2) is 4.82. The summed E-state index contributed by atoms with van der Waals surface area (Å²) in [5, 5.41) is 0.881. The number of fused-ring (bicyclic) bond motifs is 1. The summed E-state index contributed by atoms with van der Waals surface area (Å²) in [6.07, 6.45) is 0.813. The van der Waals surface area contributed by atoms with Crippen molar-refractivity contribution in [1.29, 1.82) is 0 Å². The van der Waals surface area contributed by atoms with Crippen LogP contribution in [-0.2, 0) is 6.42 Å². The zero-order chi connectivity index (χ0) is 13.6. The number of aromatic nitrogens is 1. The van der Waals surface area contributed by atoms with Crippen molar-refractivity contribution >= 4 is 46.3 Å². The third-order valence-electron chi connectivity index (χ3n) is 3.07. The van der Waals surface area contributed by atoms with Gasteiger partial charge >= 0.3 is 0 Å². The second-order valence-electron chi connectivity index (χ2n) is 4.24. The molecule has 0 aliphatic carbocycles. The van der Waals surface area contributed by atoms with Crippen LogP contribution in [0.2, 0.25) is 15.2 Å². The van der Waals surface area contributed by atoms with Gasteiger partial charge in [-0.05, 0) is 30.2 Å². The van der Waals surface area contributed by atoms with Gasteiger partial charge in [-0.2, -0.15) is 0 Å². The molecule has 1 aliphatic heterocycles.